The fourth-order valence-electron chi connectivity index (χ4n) is 2.36. The third kappa shape index (κ3) is 3.59. The van der Waals surface area contributed by atoms with Gasteiger partial charge in [-0.1, -0.05) is 64.2 Å². The molecule has 112 valence electrons. The molecule has 0 spiro atoms. The Balaban J connectivity index is 2.48. The van der Waals surface area contributed by atoms with Crippen LogP contribution in [0.2, 0.25) is 0 Å². The number of nitrogens with one attached hydrogen (secondary N) is 1. The van der Waals surface area contributed by atoms with Crippen LogP contribution >= 0.6 is 12.2 Å². The van der Waals surface area contributed by atoms with Gasteiger partial charge in [0.05, 0.1) is 5.69 Å². The second-order valence-corrected chi connectivity index (χ2v) is 6.95. The molecule has 2 rings (SSSR count). The molecule has 0 saturated carbocycles. The molecule has 0 amide bonds. The first kappa shape index (κ1) is 15.9. The summed E-state index contributed by atoms with van der Waals surface area (Å²) in [7, 11) is 0. The highest BCUT2D eigenvalue weighted by Gasteiger charge is 2.14. The summed E-state index contributed by atoms with van der Waals surface area (Å²) in [4.78, 5) is 7.92. The van der Waals surface area contributed by atoms with E-state index < -0.39 is 0 Å². The molecule has 0 bridgehead atoms. The van der Waals surface area contributed by atoms with Crippen LogP contribution in [0.5, 0.6) is 0 Å². The number of aromatic nitrogens is 2. The van der Waals surface area contributed by atoms with Crippen LogP contribution in [0.15, 0.2) is 24.3 Å². The number of hydrogen-bond donors (Lipinski definition) is 1. The van der Waals surface area contributed by atoms with Crippen molar-refractivity contribution in [2.24, 2.45) is 0 Å². The first-order valence-corrected chi connectivity index (χ1v) is 7.94. The van der Waals surface area contributed by atoms with Gasteiger partial charge in [-0.05, 0) is 29.9 Å². The summed E-state index contributed by atoms with van der Waals surface area (Å²) in [5.74, 6) is 0.975. The SMILES string of the molecule is CCCc1nc(=S)c(C)c(-c2ccc(C(C)(C)C)cc2)[nH]1. The molecular formula is C18H24N2S. The Kier molecular flexibility index (Phi) is 4.62. The van der Waals surface area contributed by atoms with Crippen molar-refractivity contribution in [1.82, 2.24) is 9.97 Å². The zero-order valence-corrected chi connectivity index (χ0v) is 14.4. The molecule has 0 radical (unpaired) electrons. The molecule has 0 aliphatic rings. The fraction of sp³-hybridized carbons (Fsp3) is 0.444. The number of nitrogens with zero attached hydrogens (tertiary/aromatic N) is 1. The van der Waals surface area contributed by atoms with Crippen LogP contribution in [0.3, 0.4) is 0 Å². The van der Waals surface area contributed by atoms with E-state index in [9.17, 15) is 0 Å². The van der Waals surface area contributed by atoms with E-state index in [2.05, 4.69) is 61.9 Å². The highest BCUT2D eigenvalue weighted by molar-refractivity contribution is 7.71. The third-order valence-electron chi connectivity index (χ3n) is 3.73. The molecule has 2 nitrogen and oxygen atoms in total. The van der Waals surface area contributed by atoms with E-state index in [0.717, 1.165) is 29.9 Å². The van der Waals surface area contributed by atoms with E-state index in [1.54, 1.807) is 0 Å². The number of aryl methyl sites for hydroxylation is 1. The topological polar surface area (TPSA) is 28.7 Å². The van der Waals surface area contributed by atoms with Crippen molar-refractivity contribution in [3.63, 3.8) is 0 Å². The Morgan fingerprint density at radius 2 is 1.76 bits per heavy atom. The van der Waals surface area contributed by atoms with E-state index in [4.69, 9.17) is 12.2 Å². The zero-order chi connectivity index (χ0) is 15.6. The van der Waals surface area contributed by atoms with E-state index >= 15 is 0 Å². The second-order valence-electron chi connectivity index (χ2n) is 6.57. The van der Waals surface area contributed by atoms with Gasteiger partial charge in [0.15, 0.2) is 0 Å². The van der Waals surface area contributed by atoms with Crippen LogP contribution in [0.25, 0.3) is 11.3 Å². The van der Waals surface area contributed by atoms with Gasteiger partial charge < -0.3 is 4.98 Å². The molecule has 1 aromatic carbocycles. The van der Waals surface area contributed by atoms with E-state index in [-0.39, 0.29) is 5.41 Å². The lowest BCUT2D eigenvalue weighted by atomic mass is 9.86. The molecular weight excluding hydrogens is 276 g/mol. The number of H-pyrrole nitrogens is 1. The Morgan fingerprint density at radius 3 is 2.29 bits per heavy atom. The number of hydrogen-bond acceptors (Lipinski definition) is 2. The number of rotatable bonds is 3. The fourth-order valence-corrected chi connectivity index (χ4v) is 2.57. The molecule has 0 fully saturated rings. The van der Waals surface area contributed by atoms with Gasteiger partial charge in [0, 0.05) is 12.0 Å². The summed E-state index contributed by atoms with van der Waals surface area (Å²) in [5, 5.41) is 0. The van der Waals surface area contributed by atoms with Gasteiger partial charge in [-0.2, -0.15) is 0 Å². The van der Waals surface area contributed by atoms with Crippen LogP contribution < -0.4 is 0 Å². The van der Waals surface area contributed by atoms with Gasteiger partial charge in [0.1, 0.15) is 10.5 Å². The average Bonchev–Trinajstić information content (AvgIpc) is 2.42. The lowest BCUT2D eigenvalue weighted by Gasteiger charge is -2.19. The second kappa shape index (κ2) is 6.10. The molecule has 1 aromatic heterocycles. The van der Waals surface area contributed by atoms with Crippen LogP contribution in [0, 0.1) is 11.6 Å². The van der Waals surface area contributed by atoms with Gasteiger partial charge in [-0.3, -0.25) is 0 Å². The van der Waals surface area contributed by atoms with Gasteiger partial charge >= 0.3 is 0 Å². The molecule has 0 unspecified atom stereocenters. The van der Waals surface area contributed by atoms with Crippen molar-refractivity contribution in [3.8, 4) is 11.3 Å². The molecule has 0 atom stereocenters. The minimum absolute atomic E-state index is 0.173. The number of aromatic amines is 1. The lowest BCUT2D eigenvalue weighted by Crippen LogP contribution is -2.10. The van der Waals surface area contributed by atoms with Crippen molar-refractivity contribution < 1.29 is 0 Å². The van der Waals surface area contributed by atoms with E-state index in [0.29, 0.717) is 4.64 Å². The average molecular weight is 300 g/mol. The highest BCUT2D eigenvalue weighted by atomic mass is 32.1. The van der Waals surface area contributed by atoms with Gasteiger partial charge in [0.25, 0.3) is 0 Å². The first-order valence-electron chi connectivity index (χ1n) is 7.53. The Morgan fingerprint density at radius 1 is 1.14 bits per heavy atom. The van der Waals surface area contributed by atoms with Gasteiger partial charge in [-0.25, -0.2) is 4.98 Å². The summed E-state index contributed by atoms with van der Waals surface area (Å²) in [6, 6.07) is 8.74. The number of benzene rings is 1. The minimum atomic E-state index is 0.173. The molecule has 3 heteroatoms. The van der Waals surface area contributed by atoms with Crippen LogP contribution in [-0.4, -0.2) is 9.97 Å². The van der Waals surface area contributed by atoms with Crippen LogP contribution in [0.1, 0.15) is 51.1 Å². The molecule has 2 aromatic rings. The summed E-state index contributed by atoms with van der Waals surface area (Å²) in [6.45, 7) is 10.9. The van der Waals surface area contributed by atoms with Crippen molar-refractivity contribution in [3.05, 3.63) is 45.9 Å². The Bertz CT molecular complexity index is 676. The van der Waals surface area contributed by atoms with Gasteiger partial charge in [-0.15, -0.1) is 0 Å². The maximum atomic E-state index is 5.40. The third-order valence-corrected chi connectivity index (χ3v) is 4.13. The van der Waals surface area contributed by atoms with Crippen LogP contribution in [0.4, 0.5) is 0 Å². The quantitative estimate of drug-likeness (QED) is 0.772. The molecule has 21 heavy (non-hydrogen) atoms. The lowest BCUT2D eigenvalue weighted by molar-refractivity contribution is 0.590. The monoisotopic (exact) mass is 300 g/mol. The standard InChI is InChI=1S/C18H24N2S/c1-6-7-15-19-16(12(2)17(21)20-15)13-8-10-14(11-9-13)18(3,4)5/h8-11H,6-7H2,1-5H3,(H,19,20,21). The van der Waals surface area contributed by atoms with E-state index in [1.165, 1.54) is 11.1 Å². The normalized spacial score (nSPS) is 11.7. The smallest absolute Gasteiger partial charge is 0.133 e. The largest absolute Gasteiger partial charge is 0.343 e. The minimum Gasteiger partial charge on any atom is -0.343 e. The maximum Gasteiger partial charge on any atom is 0.133 e. The van der Waals surface area contributed by atoms with Crippen molar-refractivity contribution >= 4 is 12.2 Å². The molecule has 0 saturated heterocycles. The van der Waals surface area contributed by atoms with Crippen LogP contribution in [-0.2, 0) is 11.8 Å². The maximum absolute atomic E-state index is 5.40. The summed E-state index contributed by atoms with van der Waals surface area (Å²) >= 11 is 5.40. The molecule has 0 aliphatic heterocycles. The van der Waals surface area contributed by atoms with E-state index in [1.807, 2.05) is 6.92 Å². The predicted molar refractivity (Wildman–Crippen MR) is 92.3 cm³/mol. The molecule has 0 aliphatic carbocycles. The van der Waals surface area contributed by atoms with Crippen molar-refractivity contribution in [1.29, 1.82) is 0 Å². The Hall–Kier alpha value is -1.48. The van der Waals surface area contributed by atoms with Crippen molar-refractivity contribution in [2.75, 3.05) is 0 Å². The summed E-state index contributed by atoms with van der Waals surface area (Å²) in [6.07, 6.45) is 1.99. The molecule has 1 N–H and O–H groups in total. The Labute approximate surface area is 132 Å². The summed E-state index contributed by atoms with van der Waals surface area (Å²) in [5.41, 5.74) is 4.83. The first-order chi connectivity index (χ1) is 9.82. The zero-order valence-electron chi connectivity index (χ0n) is 13.6. The van der Waals surface area contributed by atoms with Gasteiger partial charge in [0.2, 0.25) is 0 Å². The summed E-state index contributed by atoms with van der Waals surface area (Å²) < 4.78 is 0.701. The highest BCUT2D eigenvalue weighted by Crippen LogP contribution is 2.27. The van der Waals surface area contributed by atoms with Crippen molar-refractivity contribution in [2.45, 2.75) is 52.9 Å². The molecule has 1 heterocycles. The predicted octanol–water partition coefficient (Wildman–Crippen LogP) is 5.36.